The first-order chi connectivity index (χ1) is 25.5. The molecular weight excluding hydrogens is 635 g/mol. The fourth-order valence-corrected chi connectivity index (χ4v) is 7.23. The van der Waals surface area contributed by atoms with E-state index in [2.05, 4.69) is 121 Å². The van der Waals surface area contributed by atoms with Crippen molar-refractivity contribution >= 4 is 11.0 Å². The number of phenolic OH excluding ortho intramolecular Hbond substituents is 1. The summed E-state index contributed by atoms with van der Waals surface area (Å²) in [7, 11) is 0. The van der Waals surface area contributed by atoms with Gasteiger partial charge < -0.3 is 5.11 Å². The van der Waals surface area contributed by atoms with Crippen molar-refractivity contribution in [2.45, 2.75) is 40.5 Å². The van der Waals surface area contributed by atoms with Gasteiger partial charge in [-0.15, -0.1) is 0 Å². The maximum Gasteiger partial charge on any atom is 0.149 e. The molecule has 2 heterocycles. The van der Waals surface area contributed by atoms with Crippen LogP contribution >= 0.6 is 0 Å². The lowest BCUT2D eigenvalue weighted by Crippen LogP contribution is -2.02. The van der Waals surface area contributed by atoms with E-state index in [1.54, 1.807) is 0 Å². The Hall–Kier alpha value is -6.26. The van der Waals surface area contributed by atoms with Gasteiger partial charge in [0.25, 0.3) is 0 Å². The van der Waals surface area contributed by atoms with E-state index in [9.17, 15) is 5.11 Å². The zero-order valence-electron chi connectivity index (χ0n) is 31.1. The molecule has 0 aliphatic rings. The van der Waals surface area contributed by atoms with Crippen molar-refractivity contribution in [3.8, 4) is 67.5 Å². The number of aromatic hydroxyl groups is 1. The van der Waals surface area contributed by atoms with Gasteiger partial charge in [-0.1, -0.05) is 105 Å². The molecule has 0 fully saturated rings. The first kappa shape index (κ1) is 31.7. The van der Waals surface area contributed by atoms with Gasteiger partial charge in [-0.05, 0) is 125 Å². The minimum absolute atomic E-state index is 0.216. The highest BCUT2D eigenvalue weighted by atomic mass is 16.3. The van der Waals surface area contributed by atoms with Crippen LogP contribution in [0.5, 0.6) is 5.75 Å². The molecule has 0 amide bonds. The Labute approximate surface area is 307 Å². The standard InChI is InChI=1S/C48H41N3O/c1-30(2)36-19-20-44(32(4)25-36)51-45-18-12-17-41(46(45)50-48(51)42-24-31(3)23-33(5)47(42)52)39-26-38(35-15-10-7-11-16-35)27-40(28-39)43-29-37(21-22-49-43)34-13-8-6-9-14-34/h6-30,52H,1-5H3/i30D. The Morgan fingerprint density at radius 1 is 0.596 bits per heavy atom. The smallest absolute Gasteiger partial charge is 0.149 e. The SMILES string of the molecule is [2H]C(C)(C)c1ccc(-n2c(-c3cc(C)cc(C)c3O)nc3c(-c4cc(-c5ccccc5)cc(-c5cc(-c6ccccc6)ccn5)c4)cccc32)c(C)c1. The van der Waals surface area contributed by atoms with E-state index in [1.165, 1.54) is 0 Å². The minimum Gasteiger partial charge on any atom is -0.507 e. The third-order valence-corrected chi connectivity index (χ3v) is 9.90. The lowest BCUT2D eigenvalue weighted by atomic mass is 9.93. The molecule has 52 heavy (non-hydrogen) atoms. The number of benzene rings is 6. The number of hydrogen-bond donors (Lipinski definition) is 1. The highest BCUT2D eigenvalue weighted by Gasteiger charge is 2.22. The molecule has 2 aromatic heterocycles. The summed E-state index contributed by atoms with van der Waals surface area (Å²) in [4.78, 5) is 10.3. The van der Waals surface area contributed by atoms with E-state index in [4.69, 9.17) is 11.3 Å². The van der Waals surface area contributed by atoms with Crippen LogP contribution < -0.4 is 0 Å². The van der Waals surface area contributed by atoms with Crippen molar-refractivity contribution in [2.24, 2.45) is 0 Å². The molecule has 0 spiro atoms. The average molecular weight is 677 g/mol. The summed E-state index contributed by atoms with van der Waals surface area (Å²) in [6.07, 6.45) is 1.88. The van der Waals surface area contributed by atoms with Crippen LogP contribution in [0.2, 0.25) is 0 Å². The van der Waals surface area contributed by atoms with Crippen molar-refractivity contribution in [1.82, 2.24) is 14.5 Å². The van der Waals surface area contributed by atoms with Crippen LogP contribution in [0.15, 0.2) is 146 Å². The quantitative estimate of drug-likeness (QED) is 0.183. The van der Waals surface area contributed by atoms with Crippen LogP contribution in [0.1, 0.15) is 43.4 Å². The number of aromatic nitrogens is 3. The van der Waals surface area contributed by atoms with Crippen LogP contribution in [0.4, 0.5) is 0 Å². The zero-order chi connectivity index (χ0) is 36.9. The number of imidazole rings is 1. The van der Waals surface area contributed by atoms with Crippen molar-refractivity contribution in [1.29, 1.82) is 0 Å². The summed E-state index contributed by atoms with van der Waals surface area (Å²) in [5.41, 5.74) is 15.5. The molecule has 1 N–H and O–H groups in total. The van der Waals surface area contributed by atoms with E-state index < -0.39 is 5.89 Å². The Kier molecular flexibility index (Phi) is 8.21. The molecule has 4 nitrogen and oxygen atoms in total. The van der Waals surface area contributed by atoms with Crippen molar-refractivity contribution in [3.05, 3.63) is 168 Å². The van der Waals surface area contributed by atoms with Crippen LogP contribution in [0.3, 0.4) is 0 Å². The predicted molar refractivity (Wildman–Crippen MR) is 216 cm³/mol. The van der Waals surface area contributed by atoms with E-state index >= 15 is 0 Å². The summed E-state index contributed by atoms with van der Waals surface area (Å²) >= 11 is 0. The first-order valence-electron chi connectivity index (χ1n) is 18.2. The van der Waals surface area contributed by atoms with Gasteiger partial charge in [-0.3, -0.25) is 9.55 Å². The molecule has 0 unspecified atom stereocenters. The number of aryl methyl sites for hydroxylation is 3. The number of rotatable bonds is 7. The van der Waals surface area contributed by atoms with Crippen molar-refractivity contribution in [2.75, 3.05) is 0 Å². The van der Waals surface area contributed by atoms with Gasteiger partial charge in [-0.2, -0.15) is 0 Å². The second-order valence-electron chi connectivity index (χ2n) is 13.9. The monoisotopic (exact) mass is 676 g/mol. The highest BCUT2D eigenvalue weighted by molar-refractivity contribution is 5.98. The normalized spacial score (nSPS) is 11.9. The summed E-state index contributed by atoms with van der Waals surface area (Å²) in [6, 6.07) is 48.2. The van der Waals surface area contributed by atoms with Crippen LogP contribution in [0, 0.1) is 20.8 Å². The zero-order valence-corrected chi connectivity index (χ0v) is 30.1. The summed E-state index contributed by atoms with van der Waals surface area (Å²) in [6.45, 7) is 9.87. The number of hydrogen-bond acceptors (Lipinski definition) is 3. The molecule has 4 heteroatoms. The second kappa shape index (κ2) is 13.5. The number of fused-ring (bicyclic) bond motifs is 1. The van der Waals surface area contributed by atoms with Crippen molar-refractivity contribution < 1.29 is 6.48 Å². The van der Waals surface area contributed by atoms with E-state index in [1.807, 2.05) is 64.2 Å². The van der Waals surface area contributed by atoms with Gasteiger partial charge in [-0.25, -0.2) is 4.98 Å². The Bertz CT molecular complexity index is 2640. The molecule has 254 valence electrons. The number of para-hydroxylation sites is 1. The van der Waals surface area contributed by atoms with Crippen molar-refractivity contribution in [3.63, 3.8) is 0 Å². The predicted octanol–water partition coefficient (Wildman–Crippen LogP) is 12.5. The number of phenols is 1. The van der Waals surface area contributed by atoms with Gasteiger partial charge in [0.15, 0.2) is 0 Å². The number of nitrogens with zero attached hydrogens (tertiary/aromatic N) is 3. The third-order valence-electron chi connectivity index (χ3n) is 9.90. The fraction of sp³-hybridized carbons (Fsp3) is 0.125. The molecule has 6 aromatic carbocycles. The van der Waals surface area contributed by atoms with E-state index in [-0.39, 0.29) is 5.75 Å². The molecule has 8 rings (SSSR count). The lowest BCUT2D eigenvalue weighted by Gasteiger charge is -2.16. The third kappa shape index (κ3) is 6.07. The van der Waals surface area contributed by atoms with Crippen LogP contribution in [-0.2, 0) is 0 Å². The molecule has 0 bridgehead atoms. The minimum atomic E-state index is -0.737. The molecule has 0 radical (unpaired) electrons. The molecule has 0 saturated heterocycles. The Morgan fingerprint density at radius 3 is 2.00 bits per heavy atom. The maximum atomic E-state index is 11.5. The largest absolute Gasteiger partial charge is 0.507 e. The molecule has 0 aliphatic heterocycles. The average Bonchev–Trinajstić information content (AvgIpc) is 3.56. The lowest BCUT2D eigenvalue weighted by molar-refractivity contribution is 0.472. The molecule has 0 aliphatic carbocycles. The molecule has 0 atom stereocenters. The maximum absolute atomic E-state index is 11.5. The summed E-state index contributed by atoms with van der Waals surface area (Å²) in [5, 5.41) is 11.5. The van der Waals surface area contributed by atoms with E-state index in [0.717, 1.165) is 83.6 Å². The number of pyridine rings is 1. The van der Waals surface area contributed by atoms with E-state index in [0.29, 0.717) is 11.4 Å². The summed E-state index contributed by atoms with van der Waals surface area (Å²) in [5.74, 6) is 0.140. The first-order valence-corrected chi connectivity index (χ1v) is 17.7. The van der Waals surface area contributed by atoms with Crippen LogP contribution in [0.25, 0.3) is 72.7 Å². The topological polar surface area (TPSA) is 50.9 Å². The fourth-order valence-electron chi connectivity index (χ4n) is 7.23. The summed E-state index contributed by atoms with van der Waals surface area (Å²) < 4.78 is 10.8. The van der Waals surface area contributed by atoms with Gasteiger partial charge >= 0.3 is 0 Å². The van der Waals surface area contributed by atoms with Gasteiger partial charge in [0.05, 0.1) is 28.0 Å². The van der Waals surface area contributed by atoms with Crippen LogP contribution in [-0.4, -0.2) is 19.6 Å². The Morgan fingerprint density at radius 2 is 1.29 bits per heavy atom. The highest BCUT2D eigenvalue weighted by Crippen LogP contribution is 2.41. The molecule has 8 aromatic rings. The van der Waals surface area contributed by atoms with Gasteiger partial charge in [0.1, 0.15) is 11.6 Å². The molecule has 0 saturated carbocycles. The van der Waals surface area contributed by atoms with Gasteiger partial charge in [0, 0.05) is 18.7 Å². The molecular formula is C48H41N3O. The second-order valence-corrected chi connectivity index (χ2v) is 13.9. The Balaban J connectivity index is 1.39. The van der Waals surface area contributed by atoms with Gasteiger partial charge in [0.2, 0.25) is 0 Å².